The van der Waals surface area contributed by atoms with Crippen molar-refractivity contribution in [3.63, 3.8) is 0 Å². The first-order chi connectivity index (χ1) is 8.43. The Morgan fingerprint density at radius 1 is 1.06 bits per heavy atom. The standard InChI is InChI=1S/C15H22N2/c1-2-4-14-13(3-1)7-10-17-15(14)11-12-5-8-16-9-6-12/h1-4,12,15-17H,5-11H2. The molecule has 0 saturated carbocycles. The number of benzene rings is 1. The minimum Gasteiger partial charge on any atom is -0.317 e. The second-order valence-corrected chi connectivity index (χ2v) is 5.38. The SMILES string of the molecule is c1ccc2c(c1)CCNC2CC1CCNCC1. The van der Waals surface area contributed by atoms with Gasteiger partial charge in [0.05, 0.1) is 0 Å². The molecule has 2 heterocycles. The van der Waals surface area contributed by atoms with Gasteiger partial charge in [-0.25, -0.2) is 0 Å². The van der Waals surface area contributed by atoms with Crippen LogP contribution in [0.3, 0.4) is 0 Å². The predicted molar refractivity (Wildman–Crippen MR) is 71.1 cm³/mol. The maximum absolute atomic E-state index is 3.70. The van der Waals surface area contributed by atoms with Gasteiger partial charge in [0.2, 0.25) is 0 Å². The molecule has 2 N–H and O–H groups in total. The number of piperidine rings is 1. The highest BCUT2D eigenvalue weighted by Crippen LogP contribution is 2.30. The summed E-state index contributed by atoms with van der Waals surface area (Å²) in [6.07, 6.45) is 5.21. The zero-order valence-electron chi connectivity index (χ0n) is 10.4. The van der Waals surface area contributed by atoms with Crippen molar-refractivity contribution >= 4 is 0 Å². The van der Waals surface area contributed by atoms with Crippen LogP contribution >= 0.6 is 0 Å². The Labute approximate surface area is 104 Å². The topological polar surface area (TPSA) is 24.1 Å². The van der Waals surface area contributed by atoms with Crippen LogP contribution in [0.15, 0.2) is 24.3 Å². The van der Waals surface area contributed by atoms with Crippen molar-refractivity contribution in [1.29, 1.82) is 0 Å². The number of hydrogen-bond donors (Lipinski definition) is 2. The monoisotopic (exact) mass is 230 g/mol. The second-order valence-electron chi connectivity index (χ2n) is 5.38. The first kappa shape index (κ1) is 11.2. The summed E-state index contributed by atoms with van der Waals surface area (Å²) in [5.41, 5.74) is 3.11. The van der Waals surface area contributed by atoms with E-state index in [1.54, 1.807) is 11.1 Å². The number of nitrogens with one attached hydrogen (secondary N) is 2. The Morgan fingerprint density at radius 2 is 1.88 bits per heavy atom. The molecule has 1 aromatic carbocycles. The molecule has 17 heavy (non-hydrogen) atoms. The molecule has 0 spiro atoms. The van der Waals surface area contributed by atoms with Crippen molar-refractivity contribution in [3.8, 4) is 0 Å². The van der Waals surface area contributed by atoms with Gasteiger partial charge in [0.25, 0.3) is 0 Å². The lowest BCUT2D eigenvalue weighted by Gasteiger charge is -2.31. The van der Waals surface area contributed by atoms with Gasteiger partial charge in [-0.1, -0.05) is 24.3 Å². The molecule has 0 aromatic heterocycles. The highest BCUT2D eigenvalue weighted by atomic mass is 14.9. The summed E-state index contributed by atoms with van der Waals surface area (Å²) >= 11 is 0. The molecular weight excluding hydrogens is 208 g/mol. The van der Waals surface area contributed by atoms with E-state index >= 15 is 0 Å². The number of rotatable bonds is 2. The fraction of sp³-hybridized carbons (Fsp3) is 0.600. The van der Waals surface area contributed by atoms with Crippen LogP contribution in [-0.4, -0.2) is 19.6 Å². The van der Waals surface area contributed by atoms with Gasteiger partial charge in [-0.05, 0) is 62.4 Å². The van der Waals surface area contributed by atoms with Crippen LogP contribution in [0, 0.1) is 5.92 Å². The van der Waals surface area contributed by atoms with Crippen molar-refractivity contribution in [2.24, 2.45) is 5.92 Å². The number of fused-ring (bicyclic) bond motifs is 1. The maximum Gasteiger partial charge on any atom is 0.0325 e. The van der Waals surface area contributed by atoms with E-state index < -0.39 is 0 Å². The van der Waals surface area contributed by atoms with E-state index in [4.69, 9.17) is 0 Å². The first-order valence-electron chi connectivity index (χ1n) is 6.95. The minimum absolute atomic E-state index is 0.600. The van der Waals surface area contributed by atoms with Crippen LogP contribution in [0.2, 0.25) is 0 Å². The second kappa shape index (κ2) is 5.19. The number of hydrogen-bond acceptors (Lipinski definition) is 2. The molecule has 2 aliphatic rings. The molecule has 2 nitrogen and oxygen atoms in total. The summed E-state index contributed by atoms with van der Waals surface area (Å²) in [6.45, 7) is 3.56. The summed E-state index contributed by atoms with van der Waals surface area (Å²) in [6, 6.07) is 9.56. The van der Waals surface area contributed by atoms with Gasteiger partial charge in [0.1, 0.15) is 0 Å². The molecule has 3 rings (SSSR count). The molecule has 1 fully saturated rings. The molecule has 92 valence electrons. The van der Waals surface area contributed by atoms with Crippen LogP contribution in [-0.2, 0) is 6.42 Å². The molecule has 1 unspecified atom stereocenters. The lowest BCUT2D eigenvalue weighted by molar-refractivity contribution is 0.306. The van der Waals surface area contributed by atoms with Gasteiger partial charge < -0.3 is 10.6 Å². The van der Waals surface area contributed by atoms with Crippen LogP contribution in [0.4, 0.5) is 0 Å². The van der Waals surface area contributed by atoms with Gasteiger partial charge in [-0.2, -0.15) is 0 Å². The van der Waals surface area contributed by atoms with E-state index in [-0.39, 0.29) is 0 Å². The highest BCUT2D eigenvalue weighted by Gasteiger charge is 2.23. The van der Waals surface area contributed by atoms with E-state index in [0.29, 0.717) is 6.04 Å². The molecule has 1 aromatic rings. The maximum atomic E-state index is 3.70. The lowest BCUT2D eigenvalue weighted by Crippen LogP contribution is -2.34. The van der Waals surface area contributed by atoms with Crippen molar-refractivity contribution in [2.45, 2.75) is 31.7 Å². The summed E-state index contributed by atoms with van der Waals surface area (Å²) < 4.78 is 0. The summed E-state index contributed by atoms with van der Waals surface area (Å²) in [5, 5.41) is 7.15. The fourth-order valence-electron chi connectivity index (χ4n) is 3.25. The van der Waals surface area contributed by atoms with Crippen LogP contribution < -0.4 is 10.6 Å². The Bertz CT molecular complexity index is 369. The summed E-state index contributed by atoms with van der Waals surface area (Å²) in [4.78, 5) is 0. The Balaban J connectivity index is 1.71. The Hall–Kier alpha value is -0.860. The largest absolute Gasteiger partial charge is 0.317 e. The average molecular weight is 230 g/mol. The molecule has 0 bridgehead atoms. The average Bonchev–Trinajstić information content (AvgIpc) is 2.40. The highest BCUT2D eigenvalue weighted by molar-refractivity contribution is 5.32. The fourth-order valence-corrected chi connectivity index (χ4v) is 3.25. The molecule has 0 radical (unpaired) electrons. The predicted octanol–water partition coefficient (Wildman–Crippen LogP) is 2.26. The Morgan fingerprint density at radius 3 is 2.76 bits per heavy atom. The van der Waals surface area contributed by atoms with E-state index in [9.17, 15) is 0 Å². The van der Waals surface area contributed by atoms with Crippen LogP contribution in [0.1, 0.15) is 36.4 Å². The molecule has 0 amide bonds. The van der Waals surface area contributed by atoms with Crippen molar-refractivity contribution in [2.75, 3.05) is 19.6 Å². The molecule has 1 atom stereocenters. The van der Waals surface area contributed by atoms with Gasteiger partial charge in [0.15, 0.2) is 0 Å². The van der Waals surface area contributed by atoms with Crippen molar-refractivity contribution in [1.82, 2.24) is 10.6 Å². The normalized spacial score (nSPS) is 25.5. The van der Waals surface area contributed by atoms with Gasteiger partial charge in [-0.15, -0.1) is 0 Å². The van der Waals surface area contributed by atoms with E-state index in [0.717, 1.165) is 12.5 Å². The van der Waals surface area contributed by atoms with E-state index in [2.05, 4.69) is 34.9 Å². The van der Waals surface area contributed by atoms with Crippen LogP contribution in [0.25, 0.3) is 0 Å². The molecular formula is C15H22N2. The summed E-state index contributed by atoms with van der Waals surface area (Å²) in [5.74, 6) is 0.903. The summed E-state index contributed by atoms with van der Waals surface area (Å²) in [7, 11) is 0. The lowest BCUT2D eigenvalue weighted by atomic mass is 9.85. The zero-order valence-corrected chi connectivity index (χ0v) is 10.4. The third-order valence-corrected chi connectivity index (χ3v) is 4.24. The third kappa shape index (κ3) is 2.53. The molecule has 2 heteroatoms. The first-order valence-corrected chi connectivity index (χ1v) is 6.95. The Kier molecular flexibility index (Phi) is 3.44. The third-order valence-electron chi connectivity index (χ3n) is 4.24. The smallest absolute Gasteiger partial charge is 0.0325 e. The molecule has 1 saturated heterocycles. The van der Waals surface area contributed by atoms with Gasteiger partial charge >= 0.3 is 0 Å². The zero-order chi connectivity index (χ0) is 11.5. The minimum atomic E-state index is 0.600. The quantitative estimate of drug-likeness (QED) is 0.814. The molecule has 0 aliphatic carbocycles. The van der Waals surface area contributed by atoms with Crippen molar-refractivity contribution < 1.29 is 0 Å². The van der Waals surface area contributed by atoms with Crippen LogP contribution in [0.5, 0.6) is 0 Å². The molecule has 2 aliphatic heterocycles. The van der Waals surface area contributed by atoms with E-state index in [1.165, 1.54) is 38.8 Å². The van der Waals surface area contributed by atoms with E-state index in [1.807, 2.05) is 0 Å². The van der Waals surface area contributed by atoms with Gasteiger partial charge in [-0.3, -0.25) is 0 Å². The van der Waals surface area contributed by atoms with Crippen molar-refractivity contribution in [3.05, 3.63) is 35.4 Å². The van der Waals surface area contributed by atoms with Gasteiger partial charge in [0, 0.05) is 6.04 Å².